The maximum atomic E-state index is 5.47. The van der Waals surface area contributed by atoms with E-state index in [1.54, 1.807) is 0 Å². The van der Waals surface area contributed by atoms with Gasteiger partial charge in [0.15, 0.2) is 5.76 Å². The number of hydrogen-bond donors (Lipinski definition) is 1. The van der Waals surface area contributed by atoms with Crippen LogP contribution in [0.1, 0.15) is 57.9 Å². The molecule has 2 rings (SSSR count). The van der Waals surface area contributed by atoms with Gasteiger partial charge in [0.05, 0.1) is 12.2 Å². The maximum Gasteiger partial charge on any atom is 0.151 e. The molecule has 0 spiro atoms. The highest BCUT2D eigenvalue weighted by atomic mass is 16.5. The van der Waals surface area contributed by atoms with Crippen molar-refractivity contribution in [3.8, 4) is 0 Å². The summed E-state index contributed by atoms with van der Waals surface area (Å²) in [6.45, 7) is 9.47. The van der Waals surface area contributed by atoms with E-state index in [0.717, 1.165) is 37.0 Å². The largest absolute Gasteiger partial charge is 0.360 e. The molecule has 1 fully saturated rings. The molecule has 1 N–H and O–H groups in total. The molecule has 4 heteroatoms. The molecule has 21 heavy (non-hydrogen) atoms. The lowest BCUT2D eigenvalue weighted by atomic mass is 9.87. The van der Waals surface area contributed by atoms with Gasteiger partial charge in [0.1, 0.15) is 0 Å². The summed E-state index contributed by atoms with van der Waals surface area (Å²) in [6, 6.07) is 2.80. The average molecular weight is 293 g/mol. The molecule has 4 nitrogen and oxygen atoms in total. The third-order valence-electron chi connectivity index (χ3n) is 4.48. The number of rotatable bonds is 7. The summed E-state index contributed by atoms with van der Waals surface area (Å²) in [7, 11) is 2.21. The SMILES string of the molecule is CC(C)CNCc1cc(CN(C)C2CCC(C)CC2)on1. The molecule has 1 aliphatic rings. The number of hydrogen-bond acceptors (Lipinski definition) is 4. The lowest BCUT2D eigenvalue weighted by molar-refractivity contribution is 0.150. The van der Waals surface area contributed by atoms with Gasteiger partial charge in [-0.05, 0) is 51.1 Å². The van der Waals surface area contributed by atoms with Crippen LogP contribution in [0.2, 0.25) is 0 Å². The van der Waals surface area contributed by atoms with Gasteiger partial charge in [0, 0.05) is 18.7 Å². The van der Waals surface area contributed by atoms with Crippen molar-refractivity contribution < 1.29 is 4.52 Å². The molecule has 120 valence electrons. The summed E-state index contributed by atoms with van der Waals surface area (Å²) < 4.78 is 5.47. The van der Waals surface area contributed by atoms with Gasteiger partial charge in [-0.15, -0.1) is 0 Å². The first-order valence-electron chi connectivity index (χ1n) is 8.40. The highest BCUT2D eigenvalue weighted by Gasteiger charge is 2.22. The Morgan fingerprint density at radius 1 is 1.33 bits per heavy atom. The molecule has 0 unspecified atom stereocenters. The van der Waals surface area contributed by atoms with Crippen LogP contribution in [0.15, 0.2) is 10.6 Å². The van der Waals surface area contributed by atoms with E-state index in [9.17, 15) is 0 Å². The summed E-state index contributed by atoms with van der Waals surface area (Å²) in [5, 5.41) is 7.56. The van der Waals surface area contributed by atoms with Crippen LogP contribution in [0.4, 0.5) is 0 Å². The summed E-state index contributed by atoms with van der Waals surface area (Å²) in [4.78, 5) is 2.43. The van der Waals surface area contributed by atoms with Gasteiger partial charge in [0.25, 0.3) is 0 Å². The van der Waals surface area contributed by atoms with Gasteiger partial charge in [-0.2, -0.15) is 0 Å². The molecule has 1 aromatic heterocycles. The second-order valence-electron chi connectivity index (χ2n) is 7.14. The van der Waals surface area contributed by atoms with E-state index < -0.39 is 0 Å². The number of nitrogens with zero attached hydrogens (tertiary/aromatic N) is 2. The fourth-order valence-electron chi connectivity index (χ4n) is 3.06. The zero-order valence-corrected chi connectivity index (χ0v) is 14.1. The van der Waals surface area contributed by atoms with E-state index in [1.807, 2.05) is 0 Å². The Morgan fingerprint density at radius 2 is 2.05 bits per heavy atom. The molecule has 1 saturated carbocycles. The second kappa shape index (κ2) is 7.95. The summed E-state index contributed by atoms with van der Waals surface area (Å²) in [5.74, 6) is 2.55. The molecule has 1 aromatic rings. The van der Waals surface area contributed by atoms with Crippen LogP contribution in [0.25, 0.3) is 0 Å². The zero-order valence-electron chi connectivity index (χ0n) is 14.1. The molecule has 0 bridgehead atoms. The Labute approximate surface area is 129 Å². The Balaban J connectivity index is 1.76. The molecule has 1 aliphatic carbocycles. The Kier molecular flexibility index (Phi) is 6.24. The first kappa shape index (κ1) is 16.5. The van der Waals surface area contributed by atoms with E-state index in [1.165, 1.54) is 25.7 Å². The third-order valence-corrected chi connectivity index (χ3v) is 4.48. The normalized spacial score (nSPS) is 23.1. The van der Waals surface area contributed by atoms with E-state index in [-0.39, 0.29) is 0 Å². The molecule has 0 amide bonds. The predicted octanol–water partition coefficient (Wildman–Crippen LogP) is 3.43. The fraction of sp³-hybridized carbons (Fsp3) is 0.824. The van der Waals surface area contributed by atoms with Crippen molar-refractivity contribution in [1.82, 2.24) is 15.4 Å². The van der Waals surface area contributed by atoms with Gasteiger partial charge in [-0.1, -0.05) is 25.9 Å². The van der Waals surface area contributed by atoms with Crippen molar-refractivity contribution in [2.24, 2.45) is 11.8 Å². The summed E-state index contributed by atoms with van der Waals surface area (Å²) in [5.41, 5.74) is 1.01. The van der Waals surface area contributed by atoms with E-state index >= 15 is 0 Å². The minimum Gasteiger partial charge on any atom is -0.360 e. The predicted molar refractivity (Wildman–Crippen MR) is 85.9 cm³/mol. The molecule has 0 aromatic carbocycles. The van der Waals surface area contributed by atoms with Crippen molar-refractivity contribution in [3.63, 3.8) is 0 Å². The highest BCUT2D eigenvalue weighted by Crippen LogP contribution is 2.27. The highest BCUT2D eigenvalue weighted by molar-refractivity contribution is 5.05. The van der Waals surface area contributed by atoms with Crippen molar-refractivity contribution in [1.29, 1.82) is 0 Å². The van der Waals surface area contributed by atoms with Gasteiger partial charge >= 0.3 is 0 Å². The topological polar surface area (TPSA) is 41.3 Å². The molecule has 0 radical (unpaired) electrons. The lowest BCUT2D eigenvalue weighted by Gasteiger charge is -2.32. The molecule has 0 aliphatic heterocycles. The maximum absolute atomic E-state index is 5.47. The van der Waals surface area contributed by atoms with E-state index in [4.69, 9.17) is 4.52 Å². The van der Waals surface area contributed by atoms with Crippen LogP contribution in [0.5, 0.6) is 0 Å². The van der Waals surface area contributed by atoms with Crippen LogP contribution in [0.3, 0.4) is 0 Å². The molecule has 1 heterocycles. The van der Waals surface area contributed by atoms with Crippen molar-refractivity contribution in [2.75, 3.05) is 13.6 Å². The van der Waals surface area contributed by atoms with Crippen LogP contribution < -0.4 is 5.32 Å². The van der Waals surface area contributed by atoms with Gasteiger partial charge in [0.2, 0.25) is 0 Å². The zero-order chi connectivity index (χ0) is 15.2. The number of aromatic nitrogens is 1. The smallest absolute Gasteiger partial charge is 0.151 e. The van der Waals surface area contributed by atoms with E-state index in [0.29, 0.717) is 12.0 Å². The van der Waals surface area contributed by atoms with Gasteiger partial charge in [-0.25, -0.2) is 0 Å². The molecule has 0 saturated heterocycles. The van der Waals surface area contributed by atoms with Gasteiger partial charge in [-0.3, -0.25) is 4.90 Å². The van der Waals surface area contributed by atoms with Crippen LogP contribution >= 0.6 is 0 Å². The quantitative estimate of drug-likeness (QED) is 0.836. The minimum absolute atomic E-state index is 0.663. The molecular weight excluding hydrogens is 262 g/mol. The van der Waals surface area contributed by atoms with Gasteiger partial charge < -0.3 is 9.84 Å². The van der Waals surface area contributed by atoms with Crippen LogP contribution in [0, 0.1) is 11.8 Å². The Hall–Kier alpha value is -0.870. The minimum atomic E-state index is 0.663. The fourth-order valence-corrected chi connectivity index (χ4v) is 3.06. The van der Waals surface area contributed by atoms with Crippen LogP contribution in [-0.2, 0) is 13.1 Å². The Bertz CT molecular complexity index is 408. The first-order chi connectivity index (χ1) is 10.0. The average Bonchev–Trinajstić information content (AvgIpc) is 2.86. The van der Waals surface area contributed by atoms with Crippen molar-refractivity contribution in [3.05, 3.63) is 17.5 Å². The van der Waals surface area contributed by atoms with Crippen molar-refractivity contribution in [2.45, 2.75) is 65.6 Å². The lowest BCUT2D eigenvalue weighted by Crippen LogP contribution is -2.34. The van der Waals surface area contributed by atoms with Crippen molar-refractivity contribution >= 4 is 0 Å². The monoisotopic (exact) mass is 293 g/mol. The standard InChI is InChI=1S/C17H31N3O/c1-13(2)10-18-11-15-9-17(21-19-15)12-20(4)16-7-5-14(3)6-8-16/h9,13-14,16,18H,5-8,10-12H2,1-4H3. The molecular formula is C17H31N3O. The third kappa shape index (κ3) is 5.44. The number of nitrogens with one attached hydrogen (secondary N) is 1. The first-order valence-corrected chi connectivity index (χ1v) is 8.40. The summed E-state index contributed by atoms with van der Waals surface area (Å²) >= 11 is 0. The Morgan fingerprint density at radius 3 is 2.71 bits per heavy atom. The second-order valence-corrected chi connectivity index (χ2v) is 7.14. The van der Waals surface area contributed by atoms with Crippen LogP contribution in [-0.4, -0.2) is 29.7 Å². The van der Waals surface area contributed by atoms with E-state index in [2.05, 4.69) is 49.3 Å². The molecule has 0 atom stereocenters. The summed E-state index contributed by atoms with van der Waals surface area (Å²) in [6.07, 6.45) is 5.34.